The summed E-state index contributed by atoms with van der Waals surface area (Å²) in [6, 6.07) is 0. The van der Waals surface area contributed by atoms with E-state index in [4.69, 9.17) is 5.41 Å². The van der Waals surface area contributed by atoms with Gasteiger partial charge < -0.3 is 4.90 Å². The fraction of sp³-hybridized carbons (Fsp3) is 0.833. The van der Waals surface area contributed by atoms with Crippen molar-refractivity contribution in [2.75, 3.05) is 13.6 Å². The van der Waals surface area contributed by atoms with Crippen molar-refractivity contribution in [3.8, 4) is 0 Å². The molecule has 2 heteroatoms. The Bertz CT molecular complexity index is 109. The SMILES string of the molecule is CC1CC(=N)N(C)C1. The van der Waals surface area contributed by atoms with Crippen LogP contribution in [0.5, 0.6) is 0 Å². The molecular formula is C6H12N2. The van der Waals surface area contributed by atoms with E-state index in [1.54, 1.807) is 0 Å². The molecule has 0 spiro atoms. The van der Waals surface area contributed by atoms with Crippen LogP contribution >= 0.6 is 0 Å². The van der Waals surface area contributed by atoms with E-state index in [0.29, 0.717) is 5.92 Å². The van der Waals surface area contributed by atoms with Gasteiger partial charge in [0.2, 0.25) is 0 Å². The van der Waals surface area contributed by atoms with E-state index in [-0.39, 0.29) is 0 Å². The minimum absolute atomic E-state index is 0.701. The van der Waals surface area contributed by atoms with Crippen molar-refractivity contribution in [1.82, 2.24) is 4.90 Å². The maximum atomic E-state index is 7.31. The Morgan fingerprint density at radius 3 is 2.50 bits per heavy atom. The van der Waals surface area contributed by atoms with Crippen molar-refractivity contribution >= 4 is 5.84 Å². The summed E-state index contributed by atoms with van der Waals surface area (Å²) < 4.78 is 0. The van der Waals surface area contributed by atoms with Gasteiger partial charge in [-0.1, -0.05) is 6.92 Å². The van der Waals surface area contributed by atoms with Crippen molar-refractivity contribution in [2.24, 2.45) is 5.92 Å². The lowest BCUT2D eigenvalue weighted by molar-refractivity contribution is 0.482. The standard InChI is InChI=1S/C6H12N2/c1-5-3-6(7)8(2)4-5/h5,7H,3-4H2,1-2H3. The summed E-state index contributed by atoms with van der Waals surface area (Å²) in [4.78, 5) is 2.00. The lowest BCUT2D eigenvalue weighted by atomic mass is 10.2. The average molecular weight is 112 g/mol. The quantitative estimate of drug-likeness (QED) is 0.496. The molecule has 0 saturated carbocycles. The Labute approximate surface area is 50.0 Å². The van der Waals surface area contributed by atoms with E-state index in [1.807, 2.05) is 11.9 Å². The second-order valence-corrected chi connectivity index (χ2v) is 2.64. The van der Waals surface area contributed by atoms with Crippen molar-refractivity contribution in [2.45, 2.75) is 13.3 Å². The van der Waals surface area contributed by atoms with E-state index in [2.05, 4.69) is 6.92 Å². The zero-order valence-electron chi connectivity index (χ0n) is 5.44. The molecule has 0 amide bonds. The second kappa shape index (κ2) is 1.77. The van der Waals surface area contributed by atoms with Gasteiger partial charge in [-0.05, 0) is 5.92 Å². The largest absolute Gasteiger partial charge is 0.363 e. The first-order chi connectivity index (χ1) is 3.70. The number of nitrogens with one attached hydrogen (secondary N) is 1. The molecule has 1 atom stereocenters. The van der Waals surface area contributed by atoms with Crippen LogP contribution in [-0.4, -0.2) is 24.3 Å². The van der Waals surface area contributed by atoms with Gasteiger partial charge in [0.05, 0.1) is 5.84 Å². The first kappa shape index (κ1) is 5.60. The molecule has 1 aliphatic heterocycles. The number of hydrogen-bond donors (Lipinski definition) is 1. The van der Waals surface area contributed by atoms with Crippen LogP contribution in [0.4, 0.5) is 0 Å². The summed E-state index contributed by atoms with van der Waals surface area (Å²) in [5, 5.41) is 7.31. The maximum Gasteiger partial charge on any atom is 0.0958 e. The van der Waals surface area contributed by atoms with E-state index < -0.39 is 0 Å². The second-order valence-electron chi connectivity index (χ2n) is 2.64. The normalized spacial score (nSPS) is 29.5. The fourth-order valence-electron chi connectivity index (χ4n) is 1.13. The molecule has 0 aliphatic carbocycles. The molecule has 0 aromatic heterocycles. The van der Waals surface area contributed by atoms with Crippen LogP contribution in [0.2, 0.25) is 0 Å². The van der Waals surface area contributed by atoms with Crippen LogP contribution in [0, 0.1) is 11.3 Å². The lowest BCUT2D eigenvalue weighted by Crippen LogP contribution is -2.17. The van der Waals surface area contributed by atoms with Gasteiger partial charge in [0.25, 0.3) is 0 Å². The molecule has 1 unspecified atom stereocenters. The Balaban J connectivity index is 2.51. The third kappa shape index (κ3) is 0.831. The van der Waals surface area contributed by atoms with Crippen LogP contribution in [0.25, 0.3) is 0 Å². The highest BCUT2D eigenvalue weighted by Crippen LogP contribution is 2.13. The van der Waals surface area contributed by atoms with Gasteiger partial charge in [0.1, 0.15) is 0 Å². The van der Waals surface area contributed by atoms with Gasteiger partial charge >= 0.3 is 0 Å². The van der Waals surface area contributed by atoms with Crippen LogP contribution in [0.1, 0.15) is 13.3 Å². The van der Waals surface area contributed by atoms with Gasteiger partial charge in [-0.25, -0.2) is 0 Å². The Morgan fingerprint density at radius 2 is 2.38 bits per heavy atom. The first-order valence-corrected chi connectivity index (χ1v) is 2.98. The van der Waals surface area contributed by atoms with Gasteiger partial charge in [-0.15, -0.1) is 0 Å². The van der Waals surface area contributed by atoms with Gasteiger partial charge in [-0.3, -0.25) is 5.41 Å². The lowest BCUT2D eigenvalue weighted by Gasteiger charge is -2.07. The molecule has 0 bridgehead atoms. The van der Waals surface area contributed by atoms with E-state index >= 15 is 0 Å². The van der Waals surface area contributed by atoms with E-state index in [9.17, 15) is 0 Å². The molecule has 8 heavy (non-hydrogen) atoms. The molecule has 0 radical (unpaired) electrons. The Morgan fingerprint density at radius 1 is 1.75 bits per heavy atom. The van der Waals surface area contributed by atoms with Crippen molar-refractivity contribution in [1.29, 1.82) is 5.41 Å². The molecule has 1 N–H and O–H groups in total. The summed E-state index contributed by atoms with van der Waals surface area (Å²) >= 11 is 0. The number of rotatable bonds is 0. The predicted molar refractivity (Wildman–Crippen MR) is 34.1 cm³/mol. The molecule has 1 aliphatic rings. The average Bonchev–Trinajstić information content (AvgIpc) is 1.85. The molecule has 1 rings (SSSR count). The monoisotopic (exact) mass is 112 g/mol. The number of nitrogens with zero attached hydrogens (tertiary/aromatic N) is 1. The fourth-order valence-corrected chi connectivity index (χ4v) is 1.13. The van der Waals surface area contributed by atoms with Crippen LogP contribution < -0.4 is 0 Å². The van der Waals surface area contributed by atoms with E-state index in [0.717, 1.165) is 18.8 Å². The first-order valence-electron chi connectivity index (χ1n) is 2.98. The highest BCUT2D eigenvalue weighted by molar-refractivity contribution is 5.80. The predicted octanol–water partition coefficient (Wildman–Crippen LogP) is 0.935. The summed E-state index contributed by atoms with van der Waals surface area (Å²) in [6.45, 7) is 3.25. The third-order valence-corrected chi connectivity index (χ3v) is 1.59. The zero-order valence-corrected chi connectivity index (χ0v) is 5.44. The van der Waals surface area contributed by atoms with Crippen LogP contribution in [0.15, 0.2) is 0 Å². The van der Waals surface area contributed by atoms with Crippen molar-refractivity contribution in [3.63, 3.8) is 0 Å². The highest BCUT2D eigenvalue weighted by atomic mass is 15.2. The number of hydrogen-bond acceptors (Lipinski definition) is 1. The molecule has 1 fully saturated rings. The minimum atomic E-state index is 0.701. The summed E-state index contributed by atoms with van der Waals surface area (Å²) in [5.74, 6) is 1.49. The zero-order chi connectivity index (χ0) is 6.15. The van der Waals surface area contributed by atoms with Crippen molar-refractivity contribution < 1.29 is 0 Å². The molecular weight excluding hydrogens is 100 g/mol. The number of amidine groups is 1. The molecule has 2 nitrogen and oxygen atoms in total. The van der Waals surface area contributed by atoms with Gasteiger partial charge in [-0.2, -0.15) is 0 Å². The Hall–Kier alpha value is -0.530. The van der Waals surface area contributed by atoms with Crippen LogP contribution in [0.3, 0.4) is 0 Å². The summed E-state index contributed by atoms with van der Waals surface area (Å²) in [6.07, 6.45) is 0.969. The molecule has 1 heterocycles. The van der Waals surface area contributed by atoms with Gasteiger partial charge in [0, 0.05) is 20.0 Å². The third-order valence-electron chi connectivity index (χ3n) is 1.59. The maximum absolute atomic E-state index is 7.31. The minimum Gasteiger partial charge on any atom is -0.363 e. The molecule has 0 aromatic carbocycles. The molecule has 1 saturated heterocycles. The Kier molecular flexibility index (Phi) is 1.24. The highest BCUT2D eigenvalue weighted by Gasteiger charge is 2.18. The topological polar surface area (TPSA) is 27.1 Å². The molecule has 46 valence electrons. The molecule has 0 aromatic rings. The summed E-state index contributed by atoms with van der Waals surface area (Å²) in [5.41, 5.74) is 0. The smallest absolute Gasteiger partial charge is 0.0958 e. The van der Waals surface area contributed by atoms with Gasteiger partial charge in [0.15, 0.2) is 0 Å². The number of likely N-dealkylation sites (tertiary alicyclic amines) is 1. The van der Waals surface area contributed by atoms with Crippen LogP contribution in [-0.2, 0) is 0 Å². The van der Waals surface area contributed by atoms with Crippen molar-refractivity contribution in [3.05, 3.63) is 0 Å². The van der Waals surface area contributed by atoms with E-state index in [1.165, 1.54) is 0 Å². The summed E-state index contributed by atoms with van der Waals surface area (Å²) in [7, 11) is 1.98.